The van der Waals surface area contributed by atoms with Gasteiger partial charge in [-0.1, -0.05) is 18.7 Å². The van der Waals surface area contributed by atoms with Crippen molar-refractivity contribution in [2.75, 3.05) is 5.73 Å². The second-order valence-electron chi connectivity index (χ2n) is 3.59. The third-order valence-corrected chi connectivity index (χ3v) is 3.29. The molecule has 92 valence electrons. The highest BCUT2D eigenvalue weighted by Gasteiger charge is 2.08. The SMILES string of the molecule is CCc1cc(CSc2n[nH]c(N)n2)n(CC)n1. The van der Waals surface area contributed by atoms with Gasteiger partial charge >= 0.3 is 0 Å². The summed E-state index contributed by atoms with van der Waals surface area (Å²) in [5.74, 6) is 1.16. The number of aryl methyl sites for hydroxylation is 2. The van der Waals surface area contributed by atoms with E-state index >= 15 is 0 Å². The van der Waals surface area contributed by atoms with E-state index in [0.29, 0.717) is 11.1 Å². The smallest absolute Gasteiger partial charge is 0.216 e. The summed E-state index contributed by atoms with van der Waals surface area (Å²) in [6.45, 7) is 5.08. The molecule has 2 rings (SSSR count). The Kier molecular flexibility index (Phi) is 3.68. The molecule has 0 unspecified atom stereocenters. The summed E-state index contributed by atoms with van der Waals surface area (Å²) >= 11 is 1.55. The Hall–Kier alpha value is -1.50. The van der Waals surface area contributed by atoms with E-state index in [1.54, 1.807) is 11.8 Å². The van der Waals surface area contributed by atoms with Gasteiger partial charge in [-0.25, -0.2) is 5.10 Å². The summed E-state index contributed by atoms with van der Waals surface area (Å²) in [5.41, 5.74) is 7.78. The summed E-state index contributed by atoms with van der Waals surface area (Å²) in [4.78, 5) is 4.05. The molecule has 0 saturated carbocycles. The first-order chi connectivity index (χ1) is 8.22. The number of nitrogens with zero attached hydrogens (tertiary/aromatic N) is 4. The highest BCUT2D eigenvalue weighted by molar-refractivity contribution is 7.98. The Bertz CT molecular complexity index is 489. The molecule has 0 aliphatic rings. The van der Waals surface area contributed by atoms with E-state index in [0.717, 1.165) is 24.4 Å². The van der Waals surface area contributed by atoms with Crippen molar-refractivity contribution in [2.45, 2.75) is 37.7 Å². The number of nitrogens with two attached hydrogens (primary N) is 1. The first kappa shape index (κ1) is 12.0. The molecule has 0 aliphatic heterocycles. The Labute approximate surface area is 104 Å². The van der Waals surface area contributed by atoms with Crippen LogP contribution in [0.3, 0.4) is 0 Å². The predicted molar refractivity (Wildman–Crippen MR) is 67.6 cm³/mol. The molecule has 0 spiro atoms. The van der Waals surface area contributed by atoms with Crippen molar-refractivity contribution >= 4 is 17.7 Å². The maximum absolute atomic E-state index is 5.47. The van der Waals surface area contributed by atoms with Crippen molar-refractivity contribution < 1.29 is 0 Å². The fraction of sp³-hybridized carbons (Fsp3) is 0.500. The van der Waals surface area contributed by atoms with Gasteiger partial charge in [0.15, 0.2) is 0 Å². The molecule has 0 aliphatic carbocycles. The number of rotatable bonds is 5. The van der Waals surface area contributed by atoms with Crippen LogP contribution in [0.5, 0.6) is 0 Å². The molecule has 17 heavy (non-hydrogen) atoms. The standard InChI is InChI=1S/C10H16N6S/c1-3-7-5-8(16(4-2)15-7)6-17-10-12-9(11)13-14-10/h5H,3-4,6H2,1-2H3,(H3,11,12,13,14). The van der Waals surface area contributed by atoms with Gasteiger partial charge in [-0.2, -0.15) is 10.1 Å². The zero-order chi connectivity index (χ0) is 12.3. The molecule has 0 aromatic carbocycles. The van der Waals surface area contributed by atoms with Crippen LogP contribution in [-0.2, 0) is 18.7 Å². The summed E-state index contributed by atoms with van der Waals surface area (Å²) in [7, 11) is 0. The van der Waals surface area contributed by atoms with Crippen molar-refractivity contribution in [1.82, 2.24) is 25.0 Å². The van der Waals surface area contributed by atoms with Crippen LogP contribution in [0.15, 0.2) is 11.2 Å². The van der Waals surface area contributed by atoms with E-state index in [2.05, 4.69) is 40.2 Å². The first-order valence-electron chi connectivity index (χ1n) is 5.59. The molecule has 3 N–H and O–H groups in total. The van der Waals surface area contributed by atoms with E-state index in [1.807, 2.05) is 4.68 Å². The van der Waals surface area contributed by atoms with Crippen molar-refractivity contribution in [3.05, 3.63) is 17.5 Å². The molecule has 0 saturated heterocycles. The Balaban J connectivity index is 2.05. The molecular weight excluding hydrogens is 236 g/mol. The van der Waals surface area contributed by atoms with Crippen LogP contribution < -0.4 is 5.73 Å². The van der Waals surface area contributed by atoms with Crippen molar-refractivity contribution in [3.63, 3.8) is 0 Å². The van der Waals surface area contributed by atoms with Gasteiger partial charge in [0.25, 0.3) is 0 Å². The van der Waals surface area contributed by atoms with Crippen molar-refractivity contribution in [3.8, 4) is 0 Å². The number of anilines is 1. The van der Waals surface area contributed by atoms with Crippen LogP contribution in [0.1, 0.15) is 25.2 Å². The van der Waals surface area contributed by atoms with Crippen LogP contribution in [-0.4, -0.2) is 25.0 Å². The van der Waals surface area contributed by atoms with Gasteiger partial charge in [0.2, 0.25) is 11.1 Å². The summed E-state index contributed by atoms with van der Waals surface area (Å²) in [5, 5.41) is 11.8. The molecular formula is C10H16N6S. The van der Waals surface area contributed by atoms with Crippen LogP contribution in [0.2, 0.25) is 0 Å². The van der Waals surface area contributed by atoms with E-state index in [-0.39, 0.29) is 0 Å². The zero-order valence-corrected chi connectivity index (χ0v) is 10.8. The largest absolute Gasteiger partial charge is 0.368 e. The van der Waals surface area contributed by atoms with Gasteiger partial charge in [0, 0.05) is 18.0 Å². The molecule has 2 heterocycles. The monoisotopic (exact) mass is 252 g/mol. The second kappa shape index (κ2) is 5.22. The van der Waals surface area contributed by atoms with E-state index in [4.69, 9.17) is 5.73 Å². The number of nitrogens with one attached hydrogen (secondary N) is 1. The maximum Gasteiger partial charge on any atom is 0.216 e. The third-order valence-electron chi connectivity index (χ3n) is 2.41. The normalized spacial score (nSPS) is 10.9. The van der Waals surface area contributed by atoms with Gasteiger partial charge in [-0.3, -0.25) is 4.68 Å². The highest BCUT2D eigenvalue weighted by Crippen LogP contribution is 2.20. The maximum atomic E-state index is 5.47. The fourth-order valence-corrected chi connectivity index (χ4v) is 2.32. The Morgan fingerprint density at radius 1 is 1.47 bits per heavy atom. The number of H-pyrrole nitrogens is 1. The number of aromatic amines is 1. The van der Waals surface area contributed by atoms with Crippen LogP contribution in [0, 0.1) is 0 Å². The van der Waals surface area contributed by atoms with Gasteiger partial charge in [0.05, 0.1) is 5.69 Å². The van der Waals surface area contributed by atoms with Crippen LogP contribution in [0.4, 0.5) is 5.95 Å². The molecule has 0 bridgehead atoms. The minimum atomic E-state index is 0.353. The van der Waals surface area contributed by atoms with E-state index < -0.39 is 0 Å². The number of hydrogen-bond donors (Lipinski definition) is 2. The van der Waals surface area contributed by atoms with E-state index in [9.17, 15) is 0 Å². The molecule has 0 amide bonds. The molecule has 0 fully saturated rings. The van der Waals surface area contributed by atoms with E-state index in [1.165, 1.54) is 5.69 Å². The Morgan fingerprint density at radius 2 is 2.29 bits per heavy atom. The van der Waals surface area contributed by atoms with Gasteiger partial charge in [-0.05, 0) is 19.4 Å². The molecule has 2 aromatic rings. The van der Waals surface area contributed by atoms with Gasteiger partial charge < -0.3 is 5.73 Å². The minimum absolute atomic E-state index is 0.353. The zero-order valence-electron chi connectivity index (χ0n) is 9.97. The average molecular weight is 252 g/mol. The second-order valence-corrected chi connectivity index (χ2v) is 4.53. The first-order valence-corrected chi connectivity index (χ1v) is 6.57. The quantitative estimate of drug-likeness (QED) is 0.787. The summed E-state index contributed by atoms with van der Waals surface area (Å²) in [6, 6.07) is 2.13. The fourth-order valence-electron chi connectivity index (χ4n) is 1.54. The topological polar surface area (TPSA) is 85.4 Å². The molecule has 2 aromatic heterocycles. The number of aromatic nitrogens is 5. The number of thioether (sulfide) groups is 1. The average Bonchev–Trinajstić information content (AvgIpc) is 2.92. The van der Waals surface area contributed by atoms with Gasteiger partial charge in [0.1, 0.15) is 0 Å². The minimum Gasteiger partial charge on any atom is -0.368 e. The number of hydrogen-bond acceptors (Lipinski definition) is 5. The Morgan fingerprint density at radius 3 is 2.88 bits per heavy atom. The molecule has 0 radical (unpaired) electrons. The predicted octanol–water partition coefficient (Wildman–Crippen LogP) is 1.46. The van der Waals surface area contributed by atoms with Gasteiger partial charge in [-0.15, -0.1) is 5.10 Å². The van der Waals surface area contributed by atoms with Crippen LogP contribution >= 0.6 is 11.8 Å². The summed E-state index contributed by atoms with van der Waals surface area (Å²) < 4.78 is 2.02. The molecule has 0 atom stereocenters. The lowest BCUT2D eigenvalue weighted by Gasteiger charge is -2.01. The lowest BCUT2D eigenvalue weighted by Crippen LogP contribution is -2.01. The van der Waals surface area contributed by atoms with Crippen molar-refractivity contribution in [2.24, 2.45) is 0 Å². The third kappa shape index (κ3) is 2.79. The highest BCUT2D eigenvalue weighted by atomic mass is 32.2. The molecule has 6 nitrogen and oxygen atoms in total. The summed E-state index contributed by atoms with van der Waals surface area (Å²) in [6.07, 6.45) is 0.957. The molecule has 7 heteroatoms. The lowest BCUT2D eigenvalue weighted by atomic mass is 10.3. The van der Waals surface area contributed by atoms with Crippen LogP contribution in [0.25, 0.3) is 0 Å². The van der Waals surface area contributed by atoms with Crippen molar-refractivity contribution in [1.29, 1.82) is 0 Å². The lowest BCUT2D eigenvalue weighted by molar-refractivity contribution is 0.628. The number of nitrogen functional groups attached to an aromatic ring is 1.